The number of hydrogen-bond acceptors (Lipinski definition) is 6. The van der Waals surface area contributed by atoms with Crippen molar-refractivity contribution in [1.29, 1.82) is 5.26 Å². The smallest absolute Gasteiger partial charge is 0.414 e. The summed E-state index contributed by atoms with van der Waals surface area (Å²) in [6.07, 6.45) is -0.625. The number of hydrogen-bond donors (Lipinski definition) is 3. The van der Waals surface area contributed by atoms with Gasteiger partial charge in [-0.25, -0.2) is 4.79 Å². The molecule has 0 aliphatic rings. The predicted octanol–water partition coefficient (Wildman–Crippen LogP) is 4.40. The average molecular weight is 485 g/mol. The Kier molecular flexibility index (Phi) is 8.07. The van der Waals surface area contributed by atoms with Crippen LogP contribution in [0.3, 0.4) is 0 Å². The van der Waals surface area contributed by atoms with E-state index >= 15 is 0 Å². The van der Waals surface area contributed by atoms with Gasteiger partial charge >= 0.3 is 6.09 Å². The van der Waals surface area contributed by atoms with Gasteiger partial charge in [0, 0.05) is 17.7 Å². The Morgan fingerprint density at radius 3 is 2.33 bits per heavy atom. The molecule has 0 aliphatic carbocycles. The number of nitrogens with one attached hydrogen (secondary N) is 2. The molecule has 0 saturated heterocycles. The fourth-order valence-electron chi connectivity index (χ4n) is 3.60. The first-order chi connectivity index (χ1) is 17.1. The van der Waals surface area contributed by atoms with Gasteiger partial charge in [-0.2, -0.15) is 5.26 Å². The van der Waals surface area contributed by atoms with Crippen molar-refractivity contribution >= 4 is 23.6 Å². The Bertz CT molecular complexity index is 1300. The quantitative estimate of drug-likeness (QED) is 0.455. The molecule has 4 N–H and O–H groups in total. The zero-order chi connectivity index (χ0) is 26.3. The minimum absolute atomic E-state index is 0.219. The molecule has 0 aromatic heterocycles. The van der Waals surface area contributed by atoms with E-state index in [0.717, 1.165) is 11.1 Å². The molecule has 3 aromatic carbocycles. The van der Waals surface area contributed by atoms with E-state index in [2.05, 4.69) is 16.7 Å². The van der Waals surface area contributed by atoms with Gasteiger partial charge in [-0.15, -0.1) is 0 Å². The number of amides is 3. The molecule has 0 unspecified atom stereocenters. The van der Waals surface area contributed by atoms with Crippen molar-refractivity contribution in [1.82, 2.24) is 5.32 Å². The third-order valence-corrected chi connectivity index (χ3v) is 5.17. The lowest BCUT2D eigenvalue weighted by molar-refractivity contribution is -0.121. The van der Waals surface area contributed by atoms with Crippen LogP contribution in [0.2, 0.25) is 0 Å². The number of nitrogens with two attached hydrogens (primary N) is 1. The van der Waals surface area contributed by atoms with E-state index < -0.39 is 29.6 Å². The second-order valence-electron chi connectivity index (χ2n) is 9.19. The molecule has 3 aromatic rings. The zero-order valence-electron chi connectivity index (χ0n) is 20.4. The van der Waals surface area contributed by atoms with Gasteiger partial charge in [0.1, 0.15) is 11.6 Å². The second kappa shape index (κ2) is 11.2. The van der Waals surface area contributed by atoms with Crippen molar-refractivity contribution in [2.75, 3.05) is 5.32 Å². The lowest BCUT2D eigenvalue weighted by Gasteiger charge is -2.22. The second-order valence-corrected chi connectivity index (χ2v) is 9.19. The minimum Gasteiger partial charge on any atom is -0.444 e. The Morgan fingerprint density at radius 1 is 1.00 bits per heavy atom. The van der Waals surface area contributed by atoms with Crippen LogP contribution in [0.5, 0.6) is 0 Å². The van der Waals surface area contributed by atoms with Gasteiger partial charge in [0.15, 0.2) is 0 Å². The van der Waals surface area contributed by atoms with Crippen molar-refractivity contribution in [2.24, 2.45) is 5.73 Å². The summed E-state index contributed by atoms with van der Waals surface area (Å²) < 4.78 is 5.21. The van der Waals surface area contributed by atoms with E-state index in [1.807, 2.05) is 24.3 Å². The highest BCUT2D eigenvalue weighted by molar-refractivity contribution is 6.00. The highest BCUT2D eigenvalue weighted by atomic mass is 16.6. The molecular weight excluding hydrogens is 456 g/mol. The first-order valence-corrected chi connectivity index (χ1v) is 11.3. The SMILES string of the molecule is CC(C)(C)OC(=O)NC(=O)[C@H](Cc1cccc(C#N)c1)Nc1ccc(-c2ccccc2C(N)=O)cc1. The van der Waals surface area contributed by atoms with Crippen LogP contribution in [0, 0.1) is 11.3 Å². The Hall–Kier alpha value is -4.64. The molecule has 0 radical (unpaired) electrons. The molecule has 3 rings (SSSR count). The van der Waals surface area contributed by atoms with E-state index in [0.29, 0.717) is 22.4 Å². The van der Waals surface area contributed by atoms with E-state index in [4.69, 9.17) is 10.5 Å². The number of anilines is 1. The van der Waals surface area contributed by atoms with Crippen LogP contribution in [0.1, 0.15) is 42.3 Å². The highest BCUT2D eigenvalue weighted by Gasteiger charge is 2.24. The number of primary amides is 1. The molecule has 36 heavy (non-hydrogen) atoms. The van der Waals surface area contributed by atoms with Crippen LogP contribution in [-0.4, -0.2) is 29.6 Å². The largest absolute Gasteiger partial charge is 0.444 e. The number of carbonyl (C=O) groups excluding carboxylic acids is 3. The van der Waals surface area contributed by atoms with Crippen LogP contribution in [0.4, 0.5) is 10.5 Å². The summed E-state index contributed by atoms with van der Waals surface area (Å²) in [7, 11) is 0. The maximum Gasteiger partial charge on any atom is 0.414 e. The van der Waals surface area contributed by atoms with Crippen molar-refractivity contribution in [3.8, 4) is 17.2 Å². The Labute approximate surface area is 210 Å². The number of carbonyl (C=O) groups is 3. The van der Waals surface area contributed by atoms with Crippen molar-refractivity contribution in [3.05, 3.63) is 89.5 Å². The van der Waals surface area contributed by atoms with Gasteiger partial charge in [-0.05, 0) is 67.8 Å². The molecule has 3 amide bonds. The molecule has 184 valence electrons. The van der Waals surface area contributed by atoms with Crippen LogP contribution >= 0.6 is 0 Å². The summed E-state index contributed by atoms with van der Waals surface area (Å²) in [6, 6.07) is 22.4. The first-order valence-electron chi connectivity index (χ1n) is 11.3. The number of rotatable bonds is 7. The molecular formula is C28H28N4O4. The monoisotopic (exact) mass is 484 g/mol. The van der Waals surface area contributed by atoms with E-state index in [1.54, 1.807) is 69.3 Å². The van der Waals surface area contributed by atoms with E-state index in [9.17, 15) is 19.6 Å². The summed E-state index contributed by atoms with van der Waals surface area (Å²) in [4.78, 5) is 37.0. The zero-order valence-corrected chi connectivity index (χ0v) is 20.4. The minimum atomic E-state index is -0.844. The fourth-order valence-corrected chi connectivity index (χ4v) is 3.60. The van der Waals surface area contributed by atoms with Crippen LogP contribution in [0.25, 0.3) is 11.1 Å². The molecule has 0 bridgehead atoms. The summed E-state index contributed by atoms with van der Waals surface area (Å²) in [6.45, 7) is 5.12. The van der Waals surface area contributed by atoms with E-state index in [1.165, 1.54) is 0 Å². The van der Waals surface area contributed by atoms with Gasteiger partial charge in [-0.1, -0.05) is 42.5 Å². The fraction of sp³-hybridized carbons (Fsp3) is 0.214. The molecule has 0 aliphatic heterocycles. The van der Waals surface area contributed by atoms with E-state index in [-0.39, 0.29) is 6.42 Å². The molecule has 0 fully saturated rings. The third-order valence-electron chi connectivity index (χ3n) is 5.17. The van der Waals surface area contributed by atoms with Gasteiger partial charge in [0.05, 0.1) is 11.6 Å². The first kappa shape index (κ1) is 26.0. The van der Waals surface area contributed by atoms with Crippen LogP contribution in [0.15, 0.2) is 72.8 Å². The lowest BCUT2D eigenvalue weighted by Crippen LogP contribution is -2.45. The van der Waals surface area contributed by atoms with Gasteiger partial charge in [0.2, 0.25) is 5.91 Å². The normalized spacial score (nSPS) is 11.6. The Morgan fingerprint density at radius 2 is 1.69 bits per heavy atom. The number of nitriles is 1. The number of ether oxygens (including phenoxy) is 1. The third kappa shape index (κ3) is 7.18. The molecule has 8 heteroatoms. The maximum absolute atomic E-state index is 13.0. The van der Waals surface area contributed by atoms with Gasteiger partial charge in [0.25, 0.3) is 5.91 Å². The van der Waals surface area contributed by atoms with Crippen molar-refractivity contribution in [2.45, 2.75) is 38.8 Å². The lowest BCUT2D eigenvalue weighted by atomic mass is 9.99. The highest BCUT2D eigenvalue weighted by Crippen LogP contribution is 2.25. The standard InChI is InChI=1S/C28H28N4O4/c1-28(2,3)36-27(35)32-26(34)24(16-18-7-6-8-19(15-18)17-29)31-21-13-11-20(12-14-21)22-9-4-5-10-23(22)25(30)33/h4-15,24,31H,16H2,1-3H3,(H2,30,33)(H,32,34,35)/t24-/m0/s1. The summed E-state index contributed by atoms with van der Waals surface area (Å²) in [5.41, 5.74) is 8.47. The predicted molar refractivity (Wildman–Crippen MR) is 137 cm³/mol. The van der Waals surface area contributed by atoms with Crippen LogP contribution < -0.4 is 16.4 Å². The maximum atomic E-state index is 13.0. The number of nitrogens with zero attached hydrogens (tertiary/aromatic N) is 1. The summed E-state index contributed by atoms with van der Waals surface area (Å²) in [5.74, 6) is -1.10. The molecule has 8 nitrogen and oxygen atoms in total. The summed E-state index contributed by atoms with van der Waals surface area (Å²) >= 11 is 0. The number of benzene rings is 3. The van der Waals surface area contributed by atoms with Crippen molar-refractivity contribution < 1.29 is 19.1 Å². The molecule has 0 spiro atoms. The number of imide groups is 1. The molecule has 1 atom stereocenters. The van der Waals surface area contributed by atoms with Crippen LogP contribution in [-0.2, 0) is 16.0 Å². The topological polar surface area (TPSA) is 134 Å². The Balaban J connectivity index is 1.84. The molecule has 0 saturated carbocycles. The van der Waals surface area contributed by atoms with Gasteiger partial charge < -0.3 is 15.8 Å². The average Bonchev–Trinajstić information content (AvgIpc) is 2.83. The van der Waals surface area contributed by atoms with Gasteiger partial charge in [-0.3, -0.25) is 14.9 Å². The van der Waals surface area contributed by atoms with Crippen molar-refractivity contribution in [3.63, 3.8) is 0 Å². The molecule has 0 heterocycles. The summed E-state index contributed by atoms with van der Waals surface area (Å²) in [5, 5.41) is 14.6. The number of alkyl carbamates (subject to hydrolysis) is 1.